The van der Waals surface area contributed by atoms with Gasteiger partial charge in [-0.05, 0) is 46.7 Å². The number of carbonyl (C=O) groups is 2. The van der Waals surface area contributed by atoms with Gasteiger partial charge in [0.1, 0.15) is 5.41 Å². The Balaban J connectivity index is 2.00. The maximum Gasteiger partial charge on any atom is 0.239 e. The van der Waals surface area contributed by atoms with Gasteiger partial charge in [-0.25, -0.2) is 0 Å². The summed E-state index contributed by atoms with van der Waals surface area (Å²) in [7, 11) is 3.50. The molecule has 0 unspecified atom stereocenters. The first-order valence-electron chi connectivity index (χ1n) is 11.3. The van der Waals surface area contributed by atoms with Crippen molar-refractivity contribution < 1.29 is 14.7 Å². The van der Waals surface area contributed by atoms with Gasteiger partial charge in [0.15, 0.2) is 0 Å². The number of rotatable bonds is 4. The van der Waals surface area contributed by atoms with E-state index in [2.05, 4.69) is 47.3 Å². The number of hydrogen-bond acceptors (Lipinski definition) is 4. The highest BCUT2D eigenvalue weighted by Gasteiger charge is 2.65. The number of likely N-dealkylation sites (N-methyl/N-ethyl adjacent to an activating group) is 1. The van der Waals surface area contributed by atoms with Crippen molar-refractivity contribution in [3.63, 3.8) is 0 Å². The second-order valence-electron chi connectivity index (χ2n) is 10.6. The number of hydrogen-bond donors (Lipinski definition) is 3. The maximum absolute atomic E-state index is 14.0. The Morgan fingerprint density at radius 3 is 2.52 bits per heavy atom. The lowest BCUT2D eigenvalue weighted by atomic mass is 9.62. The Hall–Kier alpha value is -2.22. The highest BCUT2D eigenvalue weighted by Crippen LogP contribution is 2.56. The van der Waals surface area contributed by atoms with Crippen LogP contribution in [0.25, 0.3) is 0 Å². The minimum atomic E-state index is -0.965. The van der Waals surface area contributed by atoms with Gasteiger partial charge in [0.25, 0.3) is 0 Å². The highest BCUT2D eigenvalue weighted by atomic mass is 79.9. The molecule has 1 spiro atoms. The summed E-state index contributed by atoms with van der Waals surface area (Å²) in [6.45, 7) is 6.36. The van der Waals surface area contributed by atoms with E-state index in [-0.39, 0.29) is 29.9 Å². The van der Waals surface area contributed by atoms with E-state index in [1.54, 1.807) is 19.0 Å². The van der Waals surface area contributed by atoms with E-state index in [1.807, 2.05) is 42.5 Å². The molecule has 2 amide bonds. The summed E-state index contributed by atoms with van der Waals surface area (Å²) < 4.78 is 0.903. The average molecular weight is 514 g/mol. The van der Waals surface area contributed by atoms with Crippen molar-refractivity contribution in [2.24, 2.45) is 5.41 Å². The van der Waals surface area contributed by atoms with Gasteiger partial charge in [0.05, 0.1) is 12.6 Å². The number of nitrogens with zero attached hydrogens (tertiary/aromatic N) is 1. The van der Waals surface area contributed by atoms with Crippen LogP contribution in [0.5, 0.6) is 0 Å². The molecule has 0 radical (unpaired) electrons. The maximum atomic E-state index is 14.0. The molecule has 0 aromatic heterocycles. The number of nitrogens with one attached hydrogen (secondary N) is 2. The molecule has 2 aromatic rings. The van der Waals surface area contributed by atoms with E-state index in [4.69, 9.17) is 0 Å². The Bertz CT molecular complexity index is 1090. The number of anilines is 1. The number of aliphatic hydroxyl groups excluding tert-OH is 1. The Morgan fingerprint density at radius 2 is 1.91 bits per heavy atom. The van der Waals surface area contributed by atoms with Crippen LogP contribution in [-0.2, 0) is 21.6 Å². The fraction of sp³-hybridized carbons (Fsp3) is 0.462. The SMILES string of the molecule is CN(C)C(=O)[C@@H]1N[C@H](CC(C)(C)C)[C@]2(C(=O)Nc3cc(CO)ccc32)[C@H]1c1cccc(Br)c1. The van der Waals surface area contributed by atoms with Gasteiger partial charge < -0.3 is 20.6 Å². The van der Waals surface area contributed by atoms with Gasteiger partial charge in [0.2, 0.25) is 11.8 Å². The molecule has 0 saturated carbocycles. The average Bonchev–Trinajstić information content (AvgIpc) is 3.21. The summed E-state index contributed by atoms with van der Waals surface area (Å²) >= 11 is 3.58. The van der Waals surface area contributed by atoms with Gasteiger partial charge in [-0.3, -0.25) is 9.59 Å². The molecule has 0 aliphatic carbocycles. The van der Waals surface area contributed by atoms with Crippen LogP contribution in [0, 0.1) is 5.41 Å². The number of halogens is 1. The zero-order valence-corrected chi connectivity index (χ0v) is 21.4. The lowest BCUT2D eigenvalue weighted by molar-refractivity contribution is -0.131. The summed E-state index contributed by atoms with van der Waals surface area (Å²) in [5.74, 6) is -0.559. The molecule has 4 rings (SSSR count). The monoisotopic (exact) mass is 513 g/mol. The lowest BCUT2D eigenvalue weighted by Gasteiger charge is -2.37. The van der Waals surface area contributed by atoms with E-state index < -0.39 is 17.4 Å². The lowest BCUT2D eigenvalue weighted by Crippen LogP contribution is -2.49. The predicted octanol–water partition coefficient (Wildman–Crippen LogP) is 3.78. The molecule has 4 atom stereocenters. The number of carbonyl (C=O) groups excluding carboxylic acids is 2. The molecule has 7 heteroatoms. The Labute approximate surface area is 203 Å². The number of aliphatic hydroxyl groups is 1. The summed E-state index contributed by atoms with van der Waals surface area (Å²) in [6, 6.07) is 12.8. The third-order valence-electron chi connectivity index (χ3n) is 6.82. The van der Waals surface area contributed by atoms with Crippen molar-refractivity contribution in [1.29, 1.82) is 0 Å². The van der Waals surface area contributed by atoms with E-state index in [1.165, 1.54) is 0 Å². The minimum absolute atomic E-state index is 0.0519. The molecule has 0 bridgehead atoms. The molecule has 1 saturated heterocycles. The third-order valence-corrected chi connectivity index (χ3v) is 7.31. The summed E-state index contributed by atoms with van der Waals surface area (Å²) in [5.41, 5.74) is 2.23. The standard InChI is InChI=1S/C26H32BrN3O3/c1-25(2,3)13-20-26(18-10-9-15(14-31)11-19(18)28-24(26)33)21(16-7-6-8-17(27)12-16)22(29-20)23(32)30(4)5/h6-12,20-22,29,31H,13-14H2,1-5H3,(H,28,33)/t20-,21+,22-,26+/m1/s1. The molecular formula is C26H32BrN3O3. The van der Waals surface area contributed by atoms with Gasteiger partial charge in [-0.1, -0.05) is 61.0 Å². The number of amides is 2. The molecule has 1 fully saturated rings. The van der Waals surface area contributed by atoms with Gasteiger partial charge >= 0.3 is 0 Å². The van der Waals surface area contributed by atoms with Gasteiger partial charge in [-0.15, -0.1) is 0 Å². The van der Waals surface area contributed by atoms with Crippen LogP contribution < -0.4 is 10.6 Å². The molecule has 2 aromatic carbocycles. The minimum Gasteiger partial charge on any atom is -0.392 e. The highest BCUT2D eigenvalue weighted by molar-refractivity contribution is 9.10. The zero-order chi connectivity index (χ0) is 24.1. The largest absolute Gasteiger partial charge is 0.392 e. The van der Waals surface area contributed by atoms with Crippen LogP contribution in [0.3, 0.4) is 0 Å². The predicted molar refractivity (Wildman–Crippen MR) is 133 cm³/mol. The van der Waals surface area contributed by atoms with Gasteiger partial charge in [0, 0.05) is 36.2 Å². The molecule has 33 heavy (non-hydrogen) atoms. The quantitative estimate of drug-likeness (QED) is 0.580. The van der Waals surface area contributed by atoms with Crippen molar-refractivity contribution in [1.82, 2.24) is 10.2 Å². The Morgan fingerprint density at radius 1 is 1.18 bits per heavy atom. The van der Waals surface area contributed by atoms with Crippen LogP contribution in [-0.4, -0.2) is 48.0 Å². The first-order chi connectivity index (χ1) is 15.5. The van der Waals surface area contributed by atoms with E-state index in [0.717, 1.165) is 21.2 Å². The first kappa shape index (κ1) is 23.9. The van der Waals surface area contributed by atoms with Crippen molar-refractivity contribution in [2.75, 3.05) is 19.4 Å². The van der Waals surface area contributed by atoms with E-state index in [0.29, 0.717) is 12.1 Å². The van der Waals surface area contributed by atoms with Crippen LogP contribution in [0.15, 0.2) is 46.9 Å². The van der Waals surface area contributed by atoms with E-state index in [9.17, 15) is 14.7 Å². The second-order valence-corrected chi connectivity index (χ2v) is 11.5. The second kappa shape index (κ2) is 8.53. The summed E-state index contributed by atoms with van der Waals surface area (Å²) in [5, 5.41) is 16.4. The first-order valence-corrected chi connectivity index (χ1v) is 12.1. The zero-order valence-electron chi connectivity index (χ0n) is 19.8. The van der Waals surface area contributed by atoms with Crippen molar-refractivity contribution in [3.8, 4) is 0 Å². The molecule has 2 heterocycles. The summed E-state index contributed by atoms with van der Waals surface area (Å²) in [6.07, 6.45) is 0.712. The van der Waals surface area contributed by atoms with Crippen LogP contribution >= 0.6 is 15.9 Å². The number of fused-ring (bicyclic) bond motifs is 2. The molecule has 6 nitrogen and oxygen atoms in total. The van der Waals surface area contributed by atoms with E-state index >= 15 is 0 Å². The van der Waals surface area contributed by atoms with Crippen molar-refractivity contribution in [2.45, 2.75) is 57.2 Å². The fourth-order valence-corrected chi connectivity index (χ4v) is 5.98. The topological polar surface area (TPSA) is 81.7 Å². The van der Waals surface area contributed by atoms with Crippen LogP contribution in [0.2, 0.25) is 0 Å². The van der Waals surface area contributed by atoms with Crippen LogP contribution in [0.4, 0.5) is 5.69 Å². The Kier molecular flexibility index (Phi) is 6.18. The molecule has 2 aliphatic rings. The molecule has 176 valence electrons. The van der Waals surface area contributed by atoms with Crippen molar-refractivity contribution >= 4 is 33.4 Å². The molecular weight excluding hydrogens is 482 g/mol. The third kappa shape index (κ3) is 4.00. The van der Waals surface area contributed by atoms with Crippen molar-refractivity contribution in [3.05, 3.63) is 63.6 Å². The number of benzene rings is 2. The fourth-order valence-electron chi connectivity index (χ4n) is 5.56. The summed E-state index contributed by atoms with van der Waals surface area (Å²) in [4.78, 5) is 29.1. The van der Waals surface area contributed by atoms with Crippen LogP contribution in [0.1, 0.15) is 49.8 Å². The normalized spacial score (nSPS) is 26.4. The molecule has 3 N–H and O–H groups in total. The molecule has 2 aliphatic heterocycles. The van der Waals surface area contributed by atoms with Gasteiger partial charge in [-0.2, -0.15) is 0 Å². The smallest absolute Gasteiger partial charge is 0.239 e.